The van der Waals surface area contributed by atoms with Crippen LogP contribution in [0.4, 0.5) is 0 Å². The van der Waals surface area contributed by atoms with E-state index in [1.807, 2.05) is 18.2 Å². The maximum atomic E-state index is 5.41. The number of ether oxygens (including phenoxy) is 2. The van der Waals surface area contributed by atoms with Gasteiger partial charge in [0.2, 0.25) is 0 Å². The molecule has 1 rings (SSSR count). The van der Waals surface area contributed by atoms with Crippen molar-refractivity contribution < 1.29 is 9.47 Å². The van der Waals surface area contributed by atoms with Crippen molar-refractivity contribution in [2.45, 2.75) is 19.3 Å². The van der Waals surface area contributed by atoms with Crippen LogP contribution in [0, 0.1) is 0 Å². The summed E-state index contributed by atoms with van der Waals surface area (Å²) in [6.07, 6.45) is 0. The number of thiol groups is 1. The van der Waals surface area contributed by atoms with Gasteiger partial charge in [-0.1, -0.05) is 13.8 Å². The van der Waals surface area contributed by atoms with Gasteiger partial charge in [-0.3, -0.25) is 0 Å². The normalized spacial score (nSPS) is 11.4. The molecular weight excluding hydrogens is 234 g/mol. The Bertz CT molecular complexity index is 366. The van der Waals surface area contributed by atoms with Crippen molar-refractivity contribution in [1.82, 2.24) is 5.32 Å². The van der Waals surface area contributed by atoms with Gasteiger partial charge in [0.15, 0.2) is 0 Å². The van der Waals surface area contributed by atoms with E-state index in [0.717, 1.165) is 23.6 Å². The summed E-state index contributed by atoms with van der Waals surface area (Å²) in [5, 5.41) is 3.24. The monoisotopic (exact) mass is 255 g/mol. The maximum Gasteiger partial charge on any atom is 0.122 e. The third-order valence-corrected chi connectivity index (χ3v) is 3.04. The van der Waals surface area contributed by atoms with E-state index in [-0.39, 0.29) is 5.41 Å². The minimum Gasteiger partial charge on any atom is -0.497 e. The molecule has 0 aliphatic heterocycles. The molecule has 4 heteroatoms. The second kappa shape index (κ2) is 6.17. The standard InChI is InChI=1S/C13H21NO2S/c1-13(2,8-14-9-17)11-7-10(15-3)5-6-12(11)16-4/h5-7,14,17H,8-9H2,1-4H3. The van der Waals surface area contributed by atoms with E-state index < -0.39 is 0 Å². The zero-order chi connectivity index (χ0) is 12.9. The van der Waals surface area contributed by atoms with Crippen molar-refractivity contribution in [3.8, 4) is 11.5 Å². The maximum absolute atomic E-state index is 5.41. The largest absolute Gasteiger partial charge is 0.497 e. The Kier molecular flexibility index (Phi) is 5.15. The Morgan fingerprint density at radius 2 is 1.94 bits per heavy atom. The van der Waals surface area contributed by atoms with E-state index in [1.165, 1.54) is 0 Å². The van der Waals surface area contributed by atoms with E-state index in [0.29, 0.717) is 5.88 Å². The van der Waals surface area contributed by atoms with Gasteiger partial charge in [-0.2, -0.15) is 12.6 Å². The van der Waals surface area contributed by atoms with Gasteiger partial charge in [0.25, 0.3) is 0 Å². The predicted octanol–water partition coefficient (Wildman–Crippen LogP) is 2.46. The Morgan fingerprint density at radius 1 is 1.24 bits per heavy atom. The highest BCUT2D eigenvalue weighted by Gasteiger charge is 2.24. The summed E-state index contributed by atoms with van der Waals surface area (Å²) >= 11 is 4.17. The molecule has 0 aliphatic rings. The van der Waals surface area contributed by atoms with Crippen LogP contribution in [0.15, 0.2) is 18.2 Å². The van der Waals surface area contributed by atoms with Crippen LogP contribution in [-0.4, -0.2) is 26.6 Å². The summed E-state index contributed by atoms with van der Waals surface area (Å²) in [7, 11) is 3.36. The first-order chi connectivity index (χ1) is 8.05. The molecule has 0 unspecified atom stereocenters. The molecule has 1 aromatic rings. The van der Waals surface area contributed by atoms with Crippen LogP contribution in [0.3, 0.4) is 0 Å². The summed E-state index contributed by atoms with van der Waals surface area (Å²) in [6.45, 7) is 5.17. The Hall–Kier alpha value is -0.870. The molecule has 0 amide bonds. The van der Waals surface area contributed by atoms with Crippen LogP contribution < -0.4 is 14.8 Å². The van der Waals surface area contributed by atoms with Crippen LogP contribution >= 0.6 is 12.6 Å². The predicted molar refractivity (Wildman–Crippen MR) is 74.4 cm³/mol. The molecule has 0 aliphatic carbocycles. The molecule has 0 spiro atoms. The fraction of sp³-hybridized carbons (Fsp3) is 0.538. The van der Waals surface area contributed by atoms with Crippen LogP contribution in [0.25, 0.3) is 0 Å². The van der Waals surface area contributed by atoms with Crippen LogP contribution in [0.5, 0.6) is 11.5 Å². The Morgan fingerprint density at radius 3 is 2.47 bits per heavy atom. The lowest BCUT2D eigenvalue weighted by Gasteiger charge is -2.27. The van der Waals surface area contributed by atoms with E-state index >= 15 is 0 Å². The second-order valence-electron chi connectivity index (χ2n) is 4.53. The van der Waals surface area contributed by atoms with E-state index in [2.05, 4.69) is 31.8 Å². The van der Waals surface area contributed by atoms with E-state index in [4.69, 9.17) is 9.47 Å². The molecule has 0 saturated carbocycles. The highest BCUT2D eigenvalue weighted by Crippen LogP contribution is 2.34. The number of hydrogen-bond donors (Lipinski definition) is 2. The van der Waals surface area contributed by atoms with E-state index in [1.54, 1.807) is 14.2 Å². The van der Waals surface area contributed by atoms with Gasteiger partial charge in [-0.15, -0.1) is 0 Å². The molecule has 96 valence electrons. The molecule has 3 nitrogen and oxygen atoms in total. The first-order valence-corrected chi connectivity index (χ1v) is 6.22. The van der Waals surface area contributed by atoms with Crippen molar-refractivity contribution in [3.05, 3.63) is 23.8 Å². The minimum atomic E-state index is -0.0391. The Balaban J connectivity index is 3.07. The lowest BCUT2D eigenvalue weighted by atomic mass is 9.84. The molecule has 0 saturated heterocycles. The lowest BCUT2D eigenvalue weighted by Crippen LogP contribution is -2.32. The SMILES string of the molecule is COc1ccc(OC)c(C(C)(C)CNCS)c1. The first kappa shape index (κ1) is 14.2. The van der Waals surface area contributed by atoms with E-state index in [9.17, 15) is 0 Å². The van der Waals surface area contributed by atoms with Crippen molar-refractivity contribution in [3.63, 3.8) is 0 Å². The average molecular weight is 255 g/mol. The Labute approximate surface area is 109 Å². The van der Waals surface area contributed by atoms with Crippen LogP contribution in [-0.2, 0) is 5.41 Å². The van der Waals surface area contributed by atoms with Gasteiger partial charge in [0.05, 0.1) is 14.2 Å². The van der Waals surface area contributed by atoms with Crippen molar-refractivity contribution in [2.75, 3.05) is 26.6 Å². The fourth-order valence-electron chi connectivity index (χ4n) is 1.81. The van der Waals surface area contributed by atoms with Gasteiger partial charge in [0, 0.05) is 23.4 Å². The van der Waals surface area contributed by atoms with Gasteiger partial charge < -0.3 is 14.8 Å². The highest BCUT2D eigenvalue weighted by atomic mass is 32.1. The minimum absolute atomic E-state index is 0.0391. The number of hydrogen-bond acceptors (Lipinski definition) is 4. The molecule has 0 atom stereocenters. The average Bonchev–Trinajstić information content (AvgIpc) is 2.35. The number of methoxy groups -OCH3 is 2. The fourth-order valence-corrected chi connectivity index (χ4v) is 1.92. The van der Waals surface area contributed by atoms with Gasteiger partial charge in [-0.25, -0.2) is 0 Å². The summed E-state index contributed by atoms with van der Waals surface area (Å²) < 4.78 is 10.7. The molecule has 0 fully saturated rings. The summed E-state index contributed by atoms with van der Waals surface area (Å²) in [5.41, 5.74) is 1.09. The molecule has 0 heterocycles. The molecule has 0 aromatic heterocycles. The van der Waals surface area contributed by atoms with Crippen LogP contribution in [0.1, 0.15) is 19.4 Å². The van der Waals surface area contributed by atoms with Gasteiger partial charge in [-0.05, 0) is 18.2 Å². The molecular formula is C13H21NO2S. The molecule has 0 bridgehead atoms. The molecule has 1 N–H and O–H groups in total. The van der Waals surface area contributed by atoms with Crippen molar-refractivity contribution >= 4 is 12.6 Å². The smallest absolute Gasteiger partial charge is 0.122 e. The third kappa shape index (κ3) is 3.54. The molecule has 0 radical (unpaired) electrons. The zero-order valence-corrected chi connectivity index (χ0v) is 11.8. The summed E-state index contributed by atoms with van der Waals surface area (Å²) in [5.74, 6) is 2.40. The van der Waals surface area contributed by atoms with Gasteiger partial charge in [0.1, 0.15) is 11.5 Å². The number of benzene rings is 1. The van der Waals surface area contributed by atoms with Crippen LogP contribution in [0.2, 0.25) is 0 Å². The third-order valence-electron chi connectivity index (χ3n) is 2.81. The second-order valence-corrected chi connectivity index (χ2v) is 4.85. The molecule has 17 heavy (non-hydrogen) atoms. The summed E-state index contributed by atoms with van der Waals surface area (Å²) in [6, 6.07) is 5.88. The van der Waals surface area contributed by atoms with Crippen molar-refractivity contribution in [2.24, 2.45) is 0 Å². The number of rotatable bonds is 6. The summed E-state index contributed by atoms with van der Waals surface area (Å²) in [4.78, 5) is 0. The van der Waals surface area contributed by atoms with Gasteiger partial charge >= 0.3 is 0 Å². The number of nitrogens with one attached hydrogen (secondary N) is 1. The zero-order valence-electron chi connectivity index (χ0n) is 10.9. The van der Waals surface area contributed by atoms with Crippen molar-refractivity contribution in [1.29, 1.82) is 0 Å². The molecule has 1 aromatic carbocycles. The highest BCUT2D eigenvalue weighted by molar-refractivity contribution is 7.80. The topological polar surface area (TPSA) is 30.5 Å². The first-order valence-electron chi connectivity index (χ1n) is 5.59. The lowest BCUT2D eigenvalue weighted by molar-refractivity contribution is 0.380. The quantitative estimate of drug-likeness (QED) is 0.604.